The number of ether oxygens (including phenoxy) is 2. The number of nitrogens with two attached hydrogens (primary N) is 1. The first-order valence-electron chi connectivity index (χ1n) is 6.00. The van der Waals surface area contributed by atoms with Crippen molar-refractivity contribution in [3.63, 3.8) is 0 Å². The molecule has 0 spiro atoms. The zero-order valence-corrected chi connectivity index (χ0v) is 10.8. The van der Waals surface area contributed by atoms with Crippen LogP contribution >= 0.6 is 11.6 Å². The minimum absolute atomic E-state index is 0.223. The van der Waals surface area contributed by atoms with Crippen LogP contribution in [0.4, 0.5) is 5.69 Å². The van der Waals surface area contributed by atoms with Gasteiger partial charge >= 0.3 is 5.97 Å². The van der Waals surface area contributed by atoms with Crippen LogP contribution in [0.15, 0.2) is 18.2 Å². The van der Waals surface area contributed by atoms with Crippen molar-refractivity contribution in [2.45, 2.75) is 25.4 Å². The number of hydrogen-bond donors (Lipinski definition) is 1. The molecular formula is C13H16ClNO3. The maximum Gasteiger partial charge on any atom is 0.340 e. The van der Waals surface area contributed by atoms with Gasteiger partial charge in [-0.1, -0.05) is 11.6 Å². The van der Waals surface area contributed by atoms with E-state index in [9.17, 15) is 4.79 Å². The Labute approximate surface area is 111 Å². The van der Waals surface area contributed by atoms with Gasteiger partial charge in [-0.25, -0.2) is 4.79 Å². The molecule has 0 aromatic heterocycles. The summed E-state index contributed by atoms with van der Waals surface area (Å²) in [5.41, 5.74) is 6.40. The highest BCUT2D eigenvalue weighted by molar-refractivity contribution is 6.31. The molecule has 1 aliphatic heterocycles. The van der Waals surface area contributed by atoms with E-state index in [0.29, 0.717) is 22.9 Å². The van der Waals surface area contributed by atoms with Crippen LogP contribution in [-0.2, 0) is 9.47 Å². The smallest absolute Gasteiger partial charge is 0.340 e. The second-order valence-electron chi connectivity index (χ2n) is 4.29. The summed E-state index contributed by atoms with van der Waals surface area (Å²) in [6.07, 6.45) is 3.09. The molecule has 98 valence electrons. The predicted molar refractivity (Wildman–Crippen MR) is 69.7 cm³/mol. The largest absolute Gasteiger partial charge is 0.462 e. The van der Waals surface area contributed by atoms with Crippen molar-refractivity contribution in [1.29, 1.82) is 0 Å². The van der Waals surface area contributed by atoms with Crippen LogP contribution in [0.25, 0.3) is 0 Å². The Morgan fingerprint density at radius 1 is 1.56 bits per heavy atom. The summed E-state index contributed by atoms with van der Waals surface area (Å²) in [7, 11) is 0. The average molecular weight is 270 g/mol. The fourth-order valence-corrected chi connectivity index (χ4v) is 2.13. The SMILES string of the molecule is Nc1cc(Cl)ccc1C(=O)OCCC1CCCO1. The Kier molecular flexibility index (Phi) is 4.44. The van der Waals surface area contributed by atoms with Gasteiger partial charge in [0.05, 0.1) is 18.3 Å². The molecule has 1 atom stereocenters. The Hall–Kier alpha value is -1.26. The van der Waals surface area contributed by atoms with Gasteiger partial charge in [0.25, 0.3) is 0 Å². The molecule has 0 bridgehead atoms. The normalized spacial score (nSPS) is 18.8. The van der Waals surface area contributed by atoms with E-state index in [2.05, 4.69) is 0 Å². The van der Waals surface area contributed by atoms with Gasteiger partial charge < -0.3 is 15.2 Å². The quantitative estimate of drug-likeness (QED) is 0.674. The maximum atomic E-state index is 11.8. The van der Waals surface area contributed by atoms with Gasteiger partial charge in [-0.3, -0.25) is 0 Å². The lowest BCUT2D eigenvalue weighted by atomic mass is 10.2. The zero-order valence-electron chi connectivity index (χ0n) is 10.0. The van der Waals surface area contributed by atoms with Crippen LogP contribution in [0.5, 0.6) is 0 Å². The number of esters is 1. The van der Waals surface area contributed by atoms with Crippen molar-refractivity contribution in [1.82, 2.24) is 0 Å². The summed E-state index contributed by atoms with van der Waals surface area (Å²) in [5, 5.41) is 0.503. The van der Waals surface area contributed by atoms with E-state index in [1.54, 1.807) is 12.1 Å². The van der Waals surface area contributed by atoms with Gasteiger partial charge in [-0.15, -0.1) is 0 Å². The van der Waals surface area contributed by atoms with E-state index in [-0.39, 0.29) is 6.10 Å². The highest BCUT2D eigenvalue weighted by Crippen LogP contribution is 2.19. The number of carbonyl (C=O) groups excluding carboxylic acids is 1. The first-order chi connectivity index (χ1) is 8.66. The van der Waals surface area contributed by atoms with Crippen molar-refractivity contribution < 1.29 is 14.3 Å². The molecule has 1 aliphatic rings. The molecule has 1 aromatic carbocycles. The first-order valence-corrected chi connectivity index (χ1v) is 6.38. The summed E-state index contributed by atoms with van der Waals surface area (Å²) in [5.74, 6) is -0.415. The lowest BCUT2D eigenvalue weighted by Gasteiger charge is -2.10. The molecule has 2 N–H and O–H groups in total. The number of hydrogen-bond acceptors (Lipinski definition) is 4. The number of halogens is 1. The van der Waals surface area contributed by atoms with Gasteiger partial charge in [0.1, 0.15) is 0 Å². The summed E-state index contributed by atoms with van der Waals surface area (Å²) in [6.45, 7) is 1.16. The third-order valence-corrected chi connectivity index (χ3v) is 3.17. The number of anilines is 1. The molecule has 2 rings (SSSR count). The van der Waals surface area contributed by atoms with Crippen LogP contribution in [0.3, 0.4) is 0 Å². The summed E-state index contributed by atoms with van der Waals surface area (Å²) in [6, 6.07) is 4.74. The molecule has 18 heavy (non-hydrogen) atoms. The third-order valence-electron chi connectivity index (χ3n) is 2.93. The van der Waals surface area contributed by atoms with E-state index >= 15 is 0 Å². The molecule has 1 unspecified atom stereocenters. The second kappa shape index (κ2) is 6.07. The highest BCUT2D eigenvalue weighted by Gasteiger charge is 2.17. The fourth-order valence-electron chi connectivity index (χ4n) is 1.95. The van der Waals surface area contributed by atoms with Crippen LogP contribution in [0, 0.1) is 0 Å². The molecule has 1 saturated heterocycles. The molecule has 1 fully saturated rings. The van der Waals surface area contributed by atoms with Gasteiger partial charge in [0, 0.05) is 23.7 Å². The van der Waals surface area contributed by atoms with E-state index < -0.39 is 5.97 Å². The minimum atomic E-state index is -0.415. The van der Waals surface area contributed by atoms with Crippen molar-refractivity contribution >= 4 is 23.3 Å². The fraction of sp³-hybridized carbons (Fsp3) is 0.462. The van der Waals surface area contributed by atoms with Crippen LogP contribution < -0.4 is 5.73 Å². The van der Waals surface area contributed by atoms with E-state index in [4.69, 9.17) is 26.8 Å². The second-order valence-corrected chi connectivity index (χ2v) is 4.73. The topological polar surface area (TPSA) is 61.6 Å². The van der Waals surface area contributed by atoms with Crippen LogP contribution in [0.2, 0.25) is 5.02 Å². The first kappa shape index (κ1) is 13.2. The predicted octanol–water partition coefficient (Wildman–Crippen LogP) is 2.65. The maximum absolute atomic E-state index is 11.8. The average Bonchev–Trinajstić information content (AvgIpc) is 2.81. The third kappa shape index (κ3) is 3.37. The van der Waals surface area contributed by atoms with Crippen molar-refractivity contribution in [3.05, 3.63) is 28.8 Å². The lowest BCUT2D eigenvalue weighted by Crippen LogP contribution is -2.14. The number of benzene rings is 1. The number of carbonyl (C=O) groups is 1. The number of nitrogen functional groups attached to an aromatic ring is 1. The molecule has 5 heteroatoms. The zero-order chi connectivity index (χ0) is 13.0. The lowest BCUT2D eigenvalue weighted by molar-refractivity contribution is 0.0387. The van der Waals surface area contributed by atoms with Crippen LogP contribution in [-0.4, -0.2) is 25.3 Å². The number of rotatable bonds is 4. The van der Waals surface area contributed by atoms with Gasteiger partial charge in [-0.05, 0) is 31.0 Å². The van der Waals surface area contributed by atoms with E-state index in [0.717, 1.165) is 25.9 Å². The van der Waals surface area contributed by atoms with Crippen molar-refractivity contribution in [2.75, 3.05) is 18.9 Å². The molecule has 0 saturated carbocycles. The highest BCUT2D eigenvalue weighted by atomic mass is 35.5. The van der Waals surface area contributed by atoms with Gasteiger partial charge in [-0.2, -0.15) is 0 Å². The molecular weight excluding hydrogens is 254 g/mol. The molecule has 0 radical (unpaired) electrons. The Bertz CT molecular complexity index is 430. The summed E-state index contributed by atoms with van der Waals surface area (Å²) < 4.78 is 10.6. The standard InChI is InChI=1S/C13H16ClNO3/c14-9-3-4-11(12(15)8-9)13(16)18-7-5-10-2-1-6-17-10/h3-4,8,10H,1-2,5-7,15H2. The van der Waals surface area contributed by atoms with Crippen molar-refractivity contribution in [3.8, 4) is 0 Å². The Morgan fingerprint density at radius 2 is 2.39 bits per heavy atom. The molecule has 1 heterocycles. The molecule has 0 aliphatic carbocycles. The summed E-state index contributed by atoms with van der Waals surface area (Å²) in [4.78, 5) is 11.8. The Balaban J connectivity index is 1.83. The minimum Gasteiger partial charge on any atom is -0.462 e. The molecule has 0 amide bonds. The van der Waals surface area contributed by atoms with Gasteiger partial charge in [0.15, 0.2) is 0 Å². The summed E-state index contributed by atoms with van der Waals surface area (Å²) >= 11 is 5.76. The van der Waals surface area contributed by atoms with E-state index in [1.165, 1.54) is 6.07 Å². The van der Waals surface area contributed by atoms with E-state index in [1.807, 2.05) is 0 Å². The van der Waals surface area contributed by atoms with Crippen molar-refractivity contribution in [2.24, 2.45) is 0 Å². The monoisotopic (exact) mass is 269 g/mol. The molecule has 4 nitrogen and oxygen atoms in total. The van der Waals surface area contributed by atoms with Gasteiger partial charge in [0.2, 0.25) is 0 Å². The molecule has 1 aromatic rings. The van der Waals surface area contributed by atoms with Crippen LogP contribution in [0.1, 0.15) is 29.6 Å². The Morgan fingerprint density at radius 3 is 3.06 bits per heavy atom.